The lowest BCUT2D eigenvalue weighted by Crippen LogP contribution is -2.23. The van der Waals surface area contributed by atoms with Crippen LogP contribution in [0.4, 0.5) is 5.69 Å². The van der Waals surface area contributed by atoms with Gasteiger partial charge in [-0.3, -0.25) is 4.79 Å². The highest BCUT2D eigenvalue weighted by Gasteiger charge is 2.10. The van der Waals surface area contributed by atoms with Gasteiger partial charge in [0.05, 0.1) is 19.2 Å². The van der Waals surface area contributed by atoms with Gasteiger partial charge in [0.2, 0.25) is 0 Å². The van der Waals surface area contributed by atoms with Gasteiger partial charge in [-0.05, 0) is 34.1 Å². The molecule has 0 aliphatic rings. The summed E-state index contributed by atoms with van der Waals surface area (Å²) < 4.78 is 6.07. The van der Waals surface area contributed by atoms with E-state index in [1.54, 1.807) is 36.6 Å². The molecule has 0 aliphatic carbocycles. The molecule has 1 aromatic carbocycles. The Bertz CT molecular complexity index is 598. The van der Waals surface area contributed by atoms with Gasteiger partial charge in [0.15, 0.2) is 0 Å². The minimum atomic E-state index is -0.190. The maximum absolute atomic E-state index is 12.0. The summed E-state index contributed by atoms with van der Waals surface area (Å²) in [6.07, 6.45) is 0. The van der Waals surface area contributed by atoms with E-state index in [9.17, 15) is 4.79 Å². The number of carbonyl (C=O) groups is 1. The third-order valence-electron chi connectivity index (χ3n) is 2.55. The Morgan fingerprint density at radius 2 is 2.26 bits per heavy atom. The number of ether oxygens (including phenoxy) is 1. The zero-order valence-corrected chi connectivity index (χ0v) is 12.7. The maximum Gasteiger partial charge on any atom is 0.253 e. The molecule has 0 radical (unpaired) electrons. The second-order valence-electron chi connectivity index (χ2n) is 3.87. The molecule has 0 saturated carbocycles. The molecule has 4 nitrogen and oxygen atoms in total. The molecule has 0 aliphatic heterocycles. The number of nitrogen functional groups attached to an aromatic ring is 1. The summed E-state index contributed by atoms with van der Waals surface area (Å²) >= 11 is 4.96. The number of nitrogens with two attached hydrogens (primary N) is 1. The zero-order valence-electron chi connectivity index (χ0n) is 10.3. The van der Waals surface area contributed by atoms with Gasteiger partial charge in [0.25, 0.3) is 5.91 Å². The van der Waals surface area contributed by atoms with Crippen molar-refractivity contribution < 1.29 is 9.53 Å². The summed E-state index contributed by atoms with van der Waals surface area (Å²) in [6.45, 7) is 0.487. The number of thiophene rings is 1. The van der Waals surface area contributed by atoms with Crippen molar-refractivity contribution in [1.82, 2.24) is 5.32 Å². The molecule has 2 rings (SSSR count). The van der Waals surface area contributed by atoms with Crippen molar-refractivity contribution in [1.29, 1.82) is 0 Å². The van der Waals surface area contributed by atoms with Gasteiger partial charge in [0.1, 0.15) is 5.75 Å². The number of anilines is 1. The number of hydrogen-bond acceptors (Lipinski definition) is 4. The van der Waals surface area contributed by atoms with E-state index in [-0.39, 0.29) is 5.91 Å². The van der Waals surface area contributed by atoms with Crippen molar-refractivity contribution in [2.75, 3.05) is 12.8 Å². The molecule has 0 spiro atoms. The normalized spacial score (nSPS) is 10.2. The van der Waals surface area contributed by atoms with Gasteiger partial charge in [0, 0.05) is 26.5 Å². The van der Waals surface area contributed by atoms with Gasteiger partial charge in [-0.25, -0.2) is 0 Å². The Labute approximate surface area is 123 Å². The molecule has 100 valence electrons. The third kappa shape index (κ3) is 3.48. The Kier molecular flexibility index (Phi) is 4.44. The lowest BCUT2D eigenvalue weighted by molar-refractivity contribution is 0.0952. The monoisotopic (exact) mass is 340 g/mol. The Morgan fingerprint density at radius 1 is 1.47 bits per heavy atom. The molecule has 6 heteroatoms. The molecule has 0 bridgehead atoms. The second-order valence-corrected chi connectivity index (χ2v) is 5.78. The summed E-state index contributed by atoms with van der Waals surface area (Å²) in [4.78, 5) is 13.1. The number of methoxy groups -OCH3 is 1. The molecule has 0 fully saturated rings. The summed E-state index contributed by atoms with van der Waals surface area (Å²) in [5.41, 5.74) is 6.69. The van der Waals surface area contributed by atoms with Crippen molar-refractivity contribution in [2.45, 2.75) is 6.54 Å². The molecule has 3 N–H and O–H groups in total. The number of rotatable bonds is 4. The Morgan fingerprint density at radius 3 is 2.84 bits per heavy atom. The van der Waals surface area contributed by atoms with Crippen LogP contribution in [0.15, 0.2) is 34.1 Å². The van der Waals surface area contributed by atoms with Crippen LogP contribution in [-0.2, 0) is 6.54 Å². The molecule has 2 aromatic rings. The fourth-order valence-corrected chi connectivity index (χ4v) is 2.97. The first-order valence-electron chi connectivity index (χ1n) is 5.55. The predicted octanol–water partition coefficient (Wildman–Crippen LogP) is 3.03. The zero-order chi connectivity index (χ0) is 13.8. The number of hydrogen-bond donors (Lipinski definition) is 2. The molecule has 0 unspecified atom stereocenters. The molecule has 1 aromatic heterocycles. The highest BCUT2D eigenvalue weighted by molar-refractivity contribution is 9.10. The van der Waals surface area contributed by atoms with E-state index < -0.39 is 0 Å². The number of nitrogens with one attached hydrogen (secondary N) is 1. The maximum atomic E-state index is 12.0. The lowest BCUT2D eigenvalue weighted by Gasteiger charge is -2.08. The molecule has 0 atom stereocenters. The minimum absolute atomic E-state index is 0.190. The van der Waals surface area contributed by atoms with Crippen LogP contribution >= 0.6 is 27.3 Å². The van der Waals surface area contributed by atoms with Gasteiger partial charge < -0.3 is 15.8 Å². The average molecular weight is 341 g/mol. The van der Waals surface area contributed by atoms with Gasteiger partial charge in [-0.1, -0.05) is 0 Å². The van der Waals surface area contributed by atoms with E-state index in [0.29, 0.717) is 23.5 Å². The Balaban J connectivity index is 2.03. The number of halogens is 1. The second kappa shape index (κ2) is 6.08. The third-order valence-corrected chi connectivity index (χ3v) is 4.25. The smallest absolute Gasteiger partial charge is 0.253 e. The summed E-state index contributed by atoms with van der Waals surface area (Å²) in [5, 5.41) is 4.81. The Hall–Kier alpha value is -1.53. The van der Waals surface area contributed by atoms with Gasteiger partial charge >= 0.3 is 0 Å². The molecule has 1 heterocycles. The van der Waals surface area contributed by atoms with Crippen LogP contribution in [0.25, 0.3) is 0 Å². The number of carbonyl (C=O) groups excluding carboxylic acids is 1. The average Bonchev–Trinajstić information content (AvgIpc) is 2.81. The van der Waals surface area contributed by atoms with E-state index in [1.807, 2.05) is 11.4 Å². The van der Waals surface area contributed by atoms with Crippen molar-refractivity contribution >= 4 is 38.9 Å². The molecule has 19 heavy (non-hydrogen) atoms. The standard InChI is InChI=1S/C13H13BrN2O2S/c1-18-9-2-3-11(12(15)5-9)13(17)16-6-10-4-8(14)7-19-10/h2-5,7H,6,15H2,1H3,(H,16,17). The van der Waals surface area contributed by atoms with Crippen molar-refractivity contribution in [3.8, 4) is 5.75 Å². The van der Waals surface area contributed by atoms with E-state index in [1.165, 1.54) is 0 Å². The largest absolute Gasteiger partial charge is 0.497 e. The highest BCUT2D eigenvalue weighted by atomic mass is 79.9. The van der Waals surface area contributed by atoms with Crippen molar-refractivity contribution in [3.63, 3.8) is 0 Å². The van der Waals surface area contributed by atoms with Crippen LogP contribution in [0.3, 0.4) is 0 Å². The minimum Gasteiger partial charge on any atom is -0.497 e. The van der Waals surface area contributed by atoms with E-state index in [2.05, 4.69) is 21.2 Å². The van der Waals surface area contributed by atoms with Crippen LogP contribution in [0.5, 0.6) is 5.75 Å². The van der Waals surface area contributed by atoms with Crippen LogP contribution in [0.1, 0.15) is 15.2 Å². The van der Waals surface area contributed by atoms with Crippen LogP contribution in [-0.4, -0.2) is 13.0 Å². The van der Waals surface area contributed by atoms with Crippen molar-refractivity contribution in [2.24, 2.45) is 0 Å². The first-order valence-corrected chi connectivity index (χ1v) is 7.22. The van der Waals surface area contributed by atoms with E-state index in [0.717, 1.165) is 9.35 Å². The molecular formula is C13H13BrN2O2S. The molecular weight excluding hydrogens is 328 g/mol. The summed E-state index contributed by atoms with van der Waals surface area (Å²) in [5.74, 6) is 0.445. The van der Waals surface area contributed by atoms with Gasteiger partial charge in [-0.2, -0.15) is 0 Å². The fraction of sp³-hybridized carbons (Fsp3) is 0.154. The van der Waals surface area contributed by atoms with Gasteiger partial charge in [-0.15, -0.1) is 11.3 Å². The quantitative estimate of drug-likeness (QED) is 0.840. The van der Waals surface area contributed by atoms with Crippen LogP contribution < -0.4 is 15.8 Å². The van der Waals surface area contributed by atoms with E-state index in [4.69, 9.17) is 10.5 Å². The lowest BCUT2D eigenvalue weighted by atomic mass is 10.1. The summed E-state index contributed by atoms with van der Waals surface area (Å²) in [7, 11) is 1.56. The highest BCUT2D eigenvalue weighted by Crippen LogP contribution is 2.21. The predicted molar refractivity (Wildman–Crippen MR) is 80.6 cm³/mol. The van der Waals surface area contributed by atoms with E-state index >= 15 is 0 Å². The van der Waals surface area contributed by atoms with Crippen molar-refractivity contribution in [3.05, 3.63) is 44.6 Å². The number of benzene rings is 1. The first kappa shape index (κ1) is 13.9. The first-order chi connectivity index (χ1) is 9.10. The van der Waals surface area contributed by atoms with Crippen LogP contribution in [0.2, 0.25) is 0 Å². The number of amides is 1. The topological polar surface area (TPSA) is 64.3 Å². The summed E-state index contributed by atoms with van der Waals surface area (Å²) in [6, 6.07) is 6.99. The SMILES string of the molecule is COc1ccc(C(=O)NCc2cc(Br)cs2)c(N)c1. The molecule has 1 amide bonds. The molecule has 0 saturated heterocycles. The fourth-order valence-electron chi connectivity index (χ4n) is 1.58. The van der Waals surface area contributed by atoms with Crippen LogP contribution in [0, 0.1) is 0 Å².